The maximum atomic E-state index is 9.55. The fraction of sp³-hybridized carbons (Fsp3) is 0.464. The second kappa shape index (κ2) is 12.7. The van der Waals surface area contributed by atoms with E-state index in [9.17, 15) is 5.26 Å². The number of nitrogens with one attached hydrogen (secondary N) is 2. The van der Waals surface area contributed by atoms with Crippen molar-refractivity contribution in [3.63, 3.8) is 0 Å². The summed E-state index contributed by atoms with van der Waals surface area (Å²) in [5.74, 6) is 2.51. The van der Waals surface area contributed by atoms with Crippen LogP contribution in [0.15, 0.2) is 53.7 Å². The molecule has 4 heterocycles. The van der Waals surface area contributed by atoms with Crippen LogP contribution in [0.25, 0.3) is 10.9 Å². The van der Waals surface area contributed by atoms with Gasteiger partial charge in [0.25, 0.3) is 0 Å². The summed E-state index contributed by atoms with van der Waals surface area (Å²) in [7, 11) is 0. The van der Waals surface area contributed by atoms with E-state index in [0.717, 1.165) is 80.7 Å². The number of aliphatic imine (C=N–C) groups is 1. The van der Waals surface area contributed by atoms with Gasteiger partial charge in [-0.1, -0.05) is 19.9 Å². The highest BCUT2D eigenvalue weighted by Gasteiger charge is 2.32. The Morgan fingerprint density at radius 1 is 1.10 bits per heavy atom. The predicted molar refractivity (Wildman–Crippen MR) is 153 cm³/mol. The molecule has 2 saturated heterocycles. The van der Waals surface area contributed by atoms with Gasteiger partial charge >= 0.3 is 0 Å². The molecule has 0 aliphatic carbocycles. The largest absolute Gasteiger partial charge is 0.379 e. The molecule has 204 valence electrons. The van der Waals surface area contributed by atoms with E-state index >= 15 is 0 Å². The van der Waals surface area contributed by atoms with Gasteiger partial charge in [0.05, 0.1) is 30.5 Å². The van der Waals surface area contributed by atoms with Crippen LogP contribution in [-0.4, -0.2) is 96.0 Å². The third kappa shape index (κ3) is 6.53. The second-order valence-corrected chi connectivity index (χ2v) is 10.1. The van der Waals surface area contributed by atoms with Crippen LogP contribution < -0.4 is 15.5 Å². The average molecular weight is 529 g/mol. The standard InChI is InChI=1S/C28H36N10O/c1-21(2)25-19-37(27-9-8-26(34-35-27)31-11-12-36-15-17-39-18-16-36)13-14-38(25)28(32-20-29)33-24-7-3-6-23-22(24)5-4-10-30-23/h3-10,21,25H,11-19H2,1-2H3,(H,31,34)(H,32,33). The van der Waals surface area contributed by atoms with Crippen LogP contribution in [0.5, 0.6) is 0 Å². The monoisotopic (exact) mass is 528 g/mol. The quantitative estimate of drug-likeness (QED) is 0.205. The van der Waals surface area contributed by atoms with E-state index in [-0.39, 0.29) is 6.04 Å². The Balaban J connectivity index is 1.27. The van der Waals surface area contributed by atoms with Crippen molar-refractivity contribution in [3.05, 3.63) is 48.7 Å². The van der Waals surface area contributed by atoms with Gasteiger partial charge in [-0.2, -0.15) is 5.26 Å². The molecule has 1 unspecified atom stereocenters. The number of morpholine rings is 1. The number of hydrogen-bond acceptors (Lipinski definition) is 9. The third-order valence-corrected chi connectivity index (χ3v) is 7.29. The Labute approximate surface area is 229 Å². The highest BCUT2D eigenvalue weighted by atomic mass is 16.5. The van der Waals surface area contributed by atoms with Gasteiger partial charge in [0.15, 0.2) is 12.0 Å². The molecule has 11 heteroatoms. The molecule has 1 aromatic carbocycles. The Morgan fingerprint density at radius 2 is 1.97 bits per heavy atom. The van der Waals surface area contributed by atoms with Crippen LogP contribution in [0.2, 0.25) is 0 Å². The molecule has 0 saturated carbocycles. The number of piperazine rings is 1. The molecule has 0 amide bonds. The first-order valence-corrected chi connectivity index (χ1v) is 13.6. The SMILES string of the molecule is CC(C)C1CN(c2ccc(NCCN3CCOCC3)nn2)CCN1C(=Nc1cccc2ncccc12)NC#N. The van der Waals surface area contributed by atoms with Crippen molar-refractivity contribution >= 4 is 34.2 Å². The van der Waals surface area contributed by atoms with Crippen LogP contribution in [0.4, 0.5) is 17.3 Å². The number of nitrogens with zero attached hydrogens (tertiary/aromatic N) is 8. The summed E-state index contributed by atoms with van der Waals surface area (Å²) < 4.78 is 5.41. The van der Waals surface area contributed by atoms with Gasteiger partial charge in [-0.25, -0.2) is 4.99 Å². The van der Waals surface area contributed by atoms with Crippen LogP contribution in [0.1, 0.15) is 13.8 Å². The summed E-state index contributed by atoms with van der Waals surface area (Å²) in [6, 6.07) is 13.9. The molecule has 2 aliphatic heterocycles. The van der Waals surface area contributed by atoms with Gasteiger partial charge < -0.3 is 19.9 Å². The number of benzene rings is 1. The molecule has 2 N–H and O–H groups in total. The summed E-state index contributed by atoms with van der Waals surface area (Å²) in [5, 5.41) is 25.7. The van der Waals surface area contributed by atoms with Crippen molar-refractivity contribution in [2.75, 3.05) is 69.2 Å². The number of hydrogen-bond donors (Lipinski definition) is 2. The lowest BCUT2D eigenvalue weighted by Crippen LogP contribution is -2.59. The van der Waals surface area contributed by atoms with Crippen LogP contribution in [0.3, 0.4) is 0 Å². The minimum absolute atomic E-state index is 0.125. The zero-order valence-corrected chi connectivity index (χ0v) is 22.6. The summed E-state index contributed by atoms with van der Waals surface area (Å²) in [4.78, 5) is 16.2. The fourth-order valence-electron chi connectivity index (χ4n) is 5.12. The van der Waals surface area contributed by atoms with Crippen LogP contribution in [0, 0.1) is 17.4 Å². The van der Waals surface area contributed by atoms with E-state index in [1.54, 1.807) is 6.20 Å². The summed E-state index contributed by atoms with van der Waals surface area (Å²) in [6.07, 6.45) is 3.86. The minimum Gasteiger partial charge on any atom is -0.379 e. The molecule has 0 spiro atoms. The Kier molecular flexibility index (Phi) is 8.65. The van der Waals surface area contributed by atoms with Crippen molar-refractivity contribution < 1.29 is 4.74 Å². The van der Waals surface area contributed by atoms with Gasteiger partial charge in [-0.15, -0.1) is 10.2 Å². The minimum atomic E-state index is 0.125. The zero-order chi connectivity index (χ0) is 27.0. The average Bonchev–Trinajstić information content (AvgIpc) is 2.98. The van der Waals surface area contributed by atoms with Crippen LogP contribution in [-0.2, 0) is 4.74 Å². The number of rotatable bonds is 7. The fourth-order valence-corrected chi connectivity index (χ4v) is 5.12. The topological polar surface area (TPSA) is 118 Å². The van der Waals surface area contributed by atoms with Crippen molar-refractivity contribution in [2.24, 2.45) is 10.9 Å². The molecule has 0 radical (unpaired) electrons. The van der Waals surface area contributed by atoms with E-state index in [4.69, 9.17) is 9.73 Å². The Morgan fingerprint density at radius 3 is 2.74 bits per heavy atom. The molecule has 2 fully saturated rings. The van der Waals surface area contributed by atoms with Gasteiger partial charge in [-0.05, 0) is 42.3 Å². The lowest BCUT2D eigenvalue weighted by molar-refractivity contribution is 0.0398. The molecule has 3 aromatic rings. The summed E-state index contributed by atoms with van der Waals surface area (Å²) >= 11 is 0. The number of nitriles is 1. The lowest BCUT2D eigenvalue weighted by Gasteiger charge is -2.44. The summed E-state index contributed by atoms with van der Waals surface area (Å²) in [6.45, 7) is 11.9. The van der Waals surface area contributed by atoms with E-state index in [1.807, 2.05) is 42.5 Å². The molecular weight excluding hydrogens is 492 g/mol. The van der Waals surface area contributed by atoms with Crippen LogP contribution >= 0.6 is 0 Å². The number of anilines is 2. The molecule has 5 rings (SSSR count). The summed E-state index contributed by atoms with van der Waals surface area (Å²) in [5.41, 5.74) is 1.66. The van der Waals surface area contributed by atoms with Gasteiger partial charge in [0.1, 0.15) is 5.82 Å². The number of ether oxygens (including phenoxy) is 1. The molecule has 1 atom stereocenters. The maximum Gasteiger partial charge on any atom is 0.213 e. The predicted octanol–water partition coefficient (Wildman–Crippen LogP) is 2.67. The van der Waals surface area contributed by atoms with Crippen molar-refractivity contribution in [1.29, 1.82) is 5.26 Å². The highest BCUT2D eigenvalue weighted by Crippen LogP contribution is 2.27. The van der Waals surface area contributed by atoms with Gasteiger partial charge in [0, 0.05) is 57.4 Å². The normalized spacial score (nSPS) is 18.8. The highest BCUT2D eigenvalue weighted by molar-refractivity contribution is 5.94. The first kappa shape index (κ1) is 26.6. The van der Waals surface area contributed by atoms with E-state index in [1.165, 1.54) is 0 Å². The second-order valence-electron chi connectivity index (χ2n) is 10.1. The van der Waals surface area contributed by atoms with Gasteiger partial charge in [0.2, 0.25) is 5.96 Å². The number of fused-ring (bicyclic) bond motifs is 1. The zero-order valence-electron chi connectivity index (χ0n) is 22.6. The lowest BCUT2D eigenvalue weighted by atomic mass is 9.99. The number of guanidine groups is 1. The van der Waals surface area contributed by atoms with Crippen molar-refractivity contribution in [3.8, 4) is 6.19 Å². The van der Waals surface area contributed by atoms with E-state index in [0.29, 0.717) is 18.4 Å². The maximum absolute atomic E-state index is 9.55. The Bertz CT molecular complexity index is 1290. The van der Waals surface area contributed by atoms with Crippen molar-refractivity contribution in [2.45, 2.75) is 19.9 Å². The molecular formula is C28H36N10O. The molecule has 11 nitrogen and oxygen atoms in total. The first-order valence-electron chi connectivity index (χ1n) is 13.6. The Hall–Kier alpha value is -4.01. The first-order chi connectivity index (χ1) is 19.1. The van der Waals surface area contributed by atoms with Crippen molar-refractivity contribution in [1.82, 2.24) is 30.3 Å². The number of aromatic nitrogens is 3. The molecule has 0 bridgehead atoms. The third-order valence-electron chi connectivity index (χ3n) is 7.29. The molecule has 39 heavy (non-hydrogen) atoms. The number of pyridine rings is 1. The molecule has 2 aromatic heterocycles. The molecule has 2 aliphatic rings. The van der Waals surface area contributed by atoms with E-state index in [2.05, 4.69) is 60.6 Å². The smallest absolute Gasteiger partial charge is 0.213 e. The van der Waals surface area contributed by atoms with Gasteiger partial charge in [-0.3, -0.25) is 15.2 Å². The van der Waals surface area contributed by atoms with E-state index < -0.39 is 0 Å².